The van der Waals surface area contributed by atoms with Crippen LogP contribution in [0, 0.1) is 0 Å². The smallest absolute Gasteiger partial charge is 0.321 e. The van der Waals surface area contributed by atoms with Gasteiger partial charge in [0.15, 0.2) is 0 Å². The molecule has 0 saturated carbocycles. The van der Waals surface area contributed by atoms with Gasteiger partial charge in [0.2, 0.25) is 5.91 Å². The molecular weight excluding hydrogens is 362 g/mol. The molecule has 1 amide bonds. The zero-order valence-electron chi connectivity index (χ0n) is 15.6. The molecule has 0 aliphatic heterocycles. The van der Waals surface area contributed by atoms with Crippen molar-refractivity contribution in [2.75, 3.05) is 5.32 Å². The van der Waals surface area contributed by atoms with Gasteiger partial charge in [-0.1, -0.05) is 60.7 Å². The normalized spacial score (nSPS) is 10.5. The third-order valence-corrected chi connectivity index (χ3v) is 4.40. The van der Waals surface area contributed by atoms with E-state index in [1.165, 1.54) is 0 Å². The summed E-state index contributed by atoms with van der Waals surface area (Å²) in [5, 5.41) is 3.00. The van der Waals surface area contributed by atoms with E-state index in [9.17, 15) is 4.79 Å². The molecule has 0 radical (unpaired) electrons. The highest BCUT2D eigenvalue weighted by Gasteiger charge is 2.22. The summed E-state index contributed by atoms with van der Waals surface area (Å²) in [5.74, 6) is 0.102. The number of anilines is 1. The van der Waals surface area contributed by atoms with Crippen LogP contribution in [0.25, 0.3) is 0 Å². The van der Waals surface area contributed by atoms with Crippen LogP contribution in [0.1, 0.15) is 17.0 Å². The quantitative estimate of drug-likeness (QED) is 0.508. The van der Waals surface area contributed by atoms with E-state index in [2.05, 4.69) is 15.3 Å². The molecule has 1 N–H and O–H groups in total. The van der Waals surface area contributed by atoms with Crippen molar-refractivity contribution in [2.24, 2.45) is 0 Å². The Bertz CT molecular complexity index is 1010. The molecule has 3 aromatic carbocycles. The van der Waals surface area contributed by atoms with Crippen molar-refractivity contribution in [3.05, 3.63) is 115 Å². The number of nitrogens with one attached hydrogen (secondary N) is 1. The van der Waals surface area contributed by atoms with E-state index in [1.54, 1.807) is 42.7 Å². The molecular formula is C24H19N3O2. The standard InChI is InChI=1S/C24H19N3O2/c28-23(22(18-8-3-1-4-9-18)19-10-5-2-6-11-19)27-20-12-14-21(15-13-20)29-24-25-16-7-17-26-24/h1-17,22H,(H,27,28). The molecule has 0 aliphatic carbocycles. The van der Waals surface area contributed by atoms with Crippen molar-refractivity contribution < 1.29 is 9.53 Å². The van der Waals surface area contributed by atoms with Crippen molar-refractivity contribution in [2.45, 2.75) is 5.92 Å². The Hall–Kier alpha value is -3.99. The summed E-state index contributed by atoms with van der Waals surface area (Å²) in [5.41, 5.74) is 2.57. The zero-order chi connectivity index (χ0) is 19.9. The van der Waals surface area contributed by atoms with Crippen LogP contribution in [-0.4, -0.2) is 15.9 Å². The highest BCUT2D eigenvalue weighted by Crippen LogP contribution is 2.27. The fraction of sp³-hybridized carbons (Fsp3) is 0.0417. The lowest BCUT2D eigenvalue weighted by Crippen LogP contribution is -2.22. The van der Waals surface area contributed by atoms with Crippen LogP contribution in [-0.2, 0) is 4.79 Å². The van der Waals surface area contributed by atoms with E-state index in [4.69, 9.17) is 4.74 Å². The van der Waals surface area contributed by atoms with Crippen LogP contribution >= 0.6 is 0 Å². The predicted molar refractivity (Wildman–Crippen MR) is 112 cm³/mol. The maximum absolute atomic E-state index is 13.1. The summed E-state index contributed by atoms with van der Waals surface area (Å²) in [6.45, 7) is 0. The summed E-state index contributed by atoms with van der Waals surface area (Å²) in [7, 11) is 0. The first-order valence-corrected chi connectivity index (χ1v) is 9.25. The van der Waals surface area contributed by atoms with Crippen LogP contribution < -0.4 is 10.1 Å². The van der Waals surface area contributed by atoms with Gasteiger partial charge in [0.05, 0.1) is 5.92 Å². The number of hydrogen-bond acceptors (Lipinski definition) is 4. The molecule has 1 heterocycles. The van der Waals surface area contributed by atoms with Gasteiger partial charge in [-0.25, -0.2) is 9.97 Å². The number of rotatable bonds is 6. The average Bonchev–Trinajstić information content (AvgIpc) is 2.78. The maximum Gasteiger partial charge on any atom is 0.321 e. The minimum atomic E-state index is -0.397. The molecule has 4 rings (SSSR count). The lowest BCUT2D eigenvalue weighted by atomic mass is 9.90. The van der Waals surface area contributed by atoms with E-state index >= 15 is 0 Å². The van der Waals surface area contributed by atoms with Gasteiger partial charge in [0.25, 0.3) is 0 Å². The summed E-state index contributed by atoms with van der Waals surface area (Å²) >= 11 is 0. The van der Waals surface area contributed by atoms with Crippen LogP contribution in [0.3, 0.4) is 0 Å². The molecule has 0 fully saturated rings. The highest BCUT2D eigenvalue weighted by atomic mass is 16.5. The second-order valence-corrected chi connectivity index (χ2v) is 6.40. The SMILES string of the molecule is O=C(Nc1ccc(Oc2ncccn2)cc1)C(c1ccccc1)c1ccccc1. The summed E-state index contributed by atoms with van der Waals surface area (Å²) < 4.78 is 5.59. The number of nitrogens with zero attached hydrogens (tertiary/aromatic N) is 2. The van der Waals surface area contributed by atoms with Crippen molar-refractivity contribution >= 4 is 11.6 Å². The van der Waals surface area contributed by atoms with Crippen LogP contribution in [0.15, 0.2) is 103 Å². The number of carbonyl (C=O) groups excluding carboxylic acids is 1. The van der Waals surface area contributed by atoms with E-state index in [0.717, 1.165) is 11.1 Å². The van der Waals surface area contributed by atoms with Crippen LogP contribution in [0.5, 0.6) is 11.8 Å². The average molecular weight is 381 g/mol. The van der Waals surface area contributed by atoms with Crippen molar-refractivity contribution in [1.82, 2.24) is 9.97 Å². The Morgan fingerprint density at radius 2 is 1.28 bits per heavy atom. The number of amides is 1. The second-order valence-electron chi connectivity index (χ2n) is 6.40. The third-order valence-electron chi connectivity index (χ3n) is 4.40. The molecule has 0 saturated heterocycles. The van der Waals surface area contributed by atoms with Gasteiger partial charge in [0, 0.05) is 18.1 Å². The minimum absolute atomic E-state index is 0.0949. The second kappa shape index (κ2) is 8.80. The van der Waals surface area contributed by atoms with Crippen molar-refractivity contribution in [3.8, 4) is 11.8 Å². The summed E-state index contributed by atoms with van der Waals surface area (Å²) in [6.07, 6.45) is 3.23. The lowest BCUT2D eigenvalue weighted by molar-refractivity contribution is -0.116. The maximum atomic E-state index is 13.1. The number of benzene rings is 3. The highest BCUT2D eigenvalue weighted by molar-refractivity contribution is 5.98. The zero-order valence-corrected chi connectivity index (χ0v) is 15.6. The van der Waals surface area contributed by atoms with E-state index in [1.807, 2.05) is 60.7 Å². The Balaban J connectivity index is 1.52. The number of aromatic nitrogens is 2. The first-order valence-electron chi connectivity index (χ1n) is 9.25. The van der Waals surface area contributed by atoms with Gasteiger partial charge in [-0.05, 0) is 41.5 Å². The predicted octanol–water partition coefficient (Wildman–Crippen LogP) is 5.04. The first-order chi connectivity index (χ1) is 14.3. The van der Waals surface area contributed by atoms with Crippen LogP contribution in [0.4, 0.5) is 5.69 Å². The topological polar surface area (TPSA) is 64.1 Å². The van der Waals surface area contributed by atoms with Gasteiger partial charge < -0.3 is 10.1 Å². The number of carbonyl (C=O) groups is 1. The van der Waals surface area contributed by atoms with Crippen molar-refractivity contribution in [1.29, 1.82) is 0 Å². The molecule has 0 aliphatic rings. The first kappa shape index (κ1) is 18.4. The van der Waals surface area contributed by atoms with E-state index in [0.29, 0.717) is 11.4 Å². The van der Waals surface area contributed by atoms with Gasteiger partial charge in [0.1, 0.15) is 5.75 Å². The lowest BCUT2D eigenvalue weighted by Gasteiger charge is -2.18. The van der Waals surface area contributed by atoms with Crippen molar-refractivity contribution in [3.63, 3.8) is 0 Å². The third kappa shape index (κ3) is 4.65. The molecule has 0 unspecified atom stereocenters. The van der Waals surface area contributed by atoms with E-state index in [-0.39, 0.29) is 11.9 Å². The Morgan fingerprint density at radius 1 is 0.724 bits per heavy atom. The number of hydrogen-bond donors (Lipinski definition) is 1. The molecule has 0 spiro atoms. The molecule has 142 valence electrons. The molecule has 5 nitrogen and oxygen atoms in total. The van der Waals surface area contributed by atoms with Crippen LogP contribution in [0.2, 0.25) is 0 Å². The summed E-state index contributed by atoms with van der Waals surface area (Å²) in [4.78, 5) is 21.2. The monoisotopic (exact) mass is 381 g/mol. The van der Waals surface area contributed by atoms with Gasteiger partial charge >= 0.3 is 6.01 Å². The molecule has 0 bridgehead atoms. The number of ether oxygens (including phenoxy) is 1. The molecule has 5 heteroatoms. The Kier molecular flexibility index (Phi) is 5.58. The molecule has 1 aromatic heterocycles. The fourth-order valence-corrected chi connectivity index (χ4v) is 3.05. The largest absolute Gasteiger partial charge is 0.424 e. The molecule has 29 heavy (non-hydrogen) atoms. The van der Waals surface area contributed by atoms with Gasteiger partial charge in [-0.3, -0.25) is 4.79 Å². The minimum Gasteiger partial charge on any atom is -0.424 e. The Morgan fingerprint density at radius 3 is 1.83 bits per heavy atom. The fourth-order valence-electron chi connectivity index (χ4n) is 3.05. The van der Waals surface area contributed by atoms with E-state index < -0.39 is 5.92 Å². The molecule has 4 aromatic rings. The molecule has 0 atom stereocenters. The van der Waals surface area contributed by atoms with Gasteiger partial charge in [-0.2, -0.15) is 0 Å². The Labute approximate surface area is 169 Å². The van der Waals surface area contributed by atoms with Gasteiger partial charge in [-0.15, -0.1) is 0 Å². The summed E-state index contributed by atoms with van der Waals surface area (Å²) in [6, 6.07) is 28.6.